The van der Waals surface area contributed by atoms with E-state index in [4.69, 9.17) is 11.6 Å². The molecule has 0 aliphatic carbocycles. The van der Waals surface area contributed by atoms with Crippen molar-refractivity contribution >= 4 is 29.1 Å². The van der Waals surface area contributed by atoms with Gasteiger partial charge in [-0.15, -0.1) is 0 Å². The van der Waals surface area contributed by atoms with Crippen LogP contribution in [0.4, 0.5) is 0 Å². The van der Waals surface area contributed by atoms with Crippen molar-refractivity contribution in [2.75, 3.05) is 26.1 Å². The number of unbranched alkanes of at least 4 members (excludes halogenated alkanes) is 22. The molecule has 0 radical (unpaired) electrons. The molecule has 0 aliphatic rings. The minimum atomic E-state index is 0.0720. The number of carbonyl (C=O) groups excluding carboxylic acids is 2. The fraction of sp³-hybridized carbons (Fsp3) is 0.829. The Hall–Kier alpha value is -1.62. The molecule has 5 nitrogen and oxygen atoms in total. The number of hydrogen-bond acceptors (Lipinski definition) is 2. The second-order valence-corrected chi connectivity index (χ2v) is 13.8. The Morgan fingerprint density at radius 3 is 1.11 bits per heavy atom. The Morgan fingerprint density at radius 2 is 0.787 bits per heavy atom. The van der Waals surface area contributed by atoms with Crippen LogP contribution in [0.15, 0.2) is 24.3 Å². The molecule has 0 heterocycles. The average Bonchev–Trinajstić information content (AvgIpc) is 3.07. The van der Waals surface area contributed by atoms with E-state index in [1.807, 2.05) is 11.6 Å². The molecule has 0 spiro atoms. The lowest BCUT2D eigenvalue weighted by Gasteiger charge is -2.09. The summed E-state index contributed by atoms with van der Waals surface area (Å²) in [5, 5.41) is 6.06. The molecule has 2 amide bonds. The molecule has 6 heteroatoms. The van der Waals surface area contributed by atoms with Crippen LogP contribution in [0.3, 0.4) is 0 Å². The van der Waals surface area contributed by atoms with Crippen molar-refractivity contribution in [1.82, 2.24) is 10.6 Å². The third-order valence-electron chi connectivity index (χ3n) is 9.03. The largest absolute Gasteiger partial charge is 0.346 e. The molecular formula is C41H77ClN3O2+. The van der Waals surface area contributed by atoms with Crippen molar-refractivity contribution in [1.29, 1.82) is 0 Å². The van der Waals surface area contributed by atoms with Gasteiger partial charge >= 0.3 is 0 Å². The standard InChI is InChI=1S/C41H76ClN3O2/c1-4-6-8-10-12-14-16-18-20-22-24-26-28-30-32-34-40(46)43-36-39(45(3)38-42)37-44-41(47)35-33-31-29-27-25-23-21-19-17-15-13-11-9-7-5-2/h18-21H,4-17,22-38H2,1-3H3,(H-,43,44,46,47)/p+1/b20-18-,21-19-. The highest BCUT2D eigenvalue weighted by atomic mass is 35.5. The van der Waals surface area contributed by atoms with E-state index in [9.17, 15) is 9.59 Å². The Labute approximate surface area is 297 Å². The Bertz CT molecular complexity index is 751. The molecule has 47 heavy (non-hydrogen) atoms. The minimum Gasteiger partial charge on any atom is -0.346 e. The van der Waals surface area contributed by atoms with Crippen LogP contribution in [0.1, 0.15) is 194 Å². The maximum atomic E-state index is 12.4. The van der Waals surface area contributed by atoms with Crippen LogP contribution >= 0.6 is 11.6 Å². The second kappa shape index (κ2) is 37.2. The van der Waals surface area contributed by atoms with Gasteiger partial charge in [0.25, 0.3) is 0 Å². The monoisotopic (exact) mass is 679 g/mol. The number of hydrogen-bond donors (Lipinski definition) is 2. The lowest BCUT2D eigenvalue weighted by atomic mass is 10.1. The first-order valence-electron chi connectivity index (χ1n) is 20.0. The Kier molecular flexibility index (Phi) is 35.9. The molecule has 0 fully saturated rings. The quantitative estimate of drug-likeness (QED) is 0.0175. The summed E-state index contributed by atoms with van der Waals surface area (Å²) in [5.41, 5.74) is 0.927. The SMILES string of the molecule is CCCCCCCC/C=C\CCCCCCCC(=O)NCC(CNC(=O)CCCCCCC/C=C\CCCCCCCC)=[N+](C)CCl. The Balaban J connectivity index is 3.81. The summed E-state index contributed by atoms with van der Waals surface area (Å²) in [5.74, 6) is 0.144. The van der Waals surface area contributed by atoms with E-state index in [-0.39, 0.29) is 11.8 Å². The van der Waals surface area contributed by atoms with E-state index >= 15 is 0 Å². The zero-order chi connectivity index (χ0) is 34.5. The number of nitrogens with zero attached hydrogens (tertiary/aromatic N) is 1. The van der Waals surface area contributed by atoms with Gasteiger partial charge in [0, 0.05) is 12.8 Å². The first-order valence-corrected chi connectivity index (χ1v) is 20.5. The third-order valence-corrected chi connectivity index (χ3v) is 9.39. The van der Waals surface area contributed by atoms with Gasteiger partial charge in [0.05, 0.1) is 13.1 Å². The van der Waals surface area contributed by atoms with Gasteiger partial charge in [-0.1, -0.05) is 152 Å². The maximum Gasteiger partial charge on any atom is 0.220 e. The first-order chi connectivity index (χ1) is 23.0. The highest BCUT2D eigenvalue weighted by molar-refractivity contribution is 6.17. The number of halogens is 1. The number of amides is 2. The summed E-state index contributed by atoms with van der Waals surface area (Å²) in [6.07, 6.45) is 43.1. The molecule has 0 saturated carbocycles. The molecule has 0 rings (SSSR count). The lowest BCUT2D eigenvalue weighted by molar-refractivity contribution is -0.479. The molecule has 0 saturated heterocycles. The van der Waals surface area contributed by atoms with E-state index < -0.39 is 0 Å². The summed E-state index contributed by atoms with van der Waals surface area (Å²) in [4.78, 5) is 24.8. The molecule has 0 aromatic carbocycles. The van der Waals surface area contributed by atoms with Gasteiger partial charge in [-0.2, -0.15) is 0 Å². The van der Waals surface area contributed by atoms with Crippen LogP contribution in [-0.4, -0.2) is 48.2 Å². The summed E-state index contributed by atoms with van der Waals surface area (Å²) in [6, 6.07) is 0.323. The summed E-state index contributed by atoms with van der Waals surface area (Å²) in [7, 11) is 1.90. The smallest absolute Gasteiger partial charge is 0.220 e. The Morgan fingerprint density at radius 1 is 0.489 bits per heavy atom. The van der Waals surface area contributed by atoms with Gasteiger partial charge in [0.1, 0.15) is 7.05 Å². The normalized spacial score (nSPS) is 11.5. The summed E-state index contributed by atoms with van der Waals surface area (Å²) < 4.78 is 1.90. The predicted octanol–water partition coefficient (Wildman–Crippen LogP) is 11.6. The van der Waals surface area contributed by atoms with Crippen molar-refractivity contribution in [2.45, 2.75) is 194 Å². The van der Waals surface area contributed by atoms with Crippen LogP contribution in [0.2, 0.25) is 0 Å². The molecule has 0 bridgehead atoms. The van der Waals surface area contributed by atoms with Crippen LogP contribution in [-0.2, 0) is 9.59 Å². The third kappa shape index (κ3) is 34.1. The van der Waals surface area contributed by atoms with E-state index in [1.54, 1.807) is 0 Å². The first kappa shape index (κ1) is 45.4. The van der Waals surface area contributed by atoms with Gasteiger partial charge in [-0.25, -0.2) is 4.58 Å². The lowest BCUT2D eigenvalue weighted by Crippen LogP contribution is -2.41. The molecule has 2 N–H and O–H groups in total. The molecule has 0 aliphatic heterocycles. The number of rotatable bonds is 35. The zero-order valence-corrected chi connectivity index (χ0v) is 32.1. The molecule has 0 aromatic rings. The van der Waals surface area contributed by atoms with Crippen LogP contribution in [0.5, 0.6) is 0 Å². The highest BCUT2D eigenvalue weighted by Gasteiger charge is 2.14. The van der Waals surface area contributed by atoms with E-state index in [2.05, 4.69) is 48.8 Å². The topological polar surface area (TPSA) is 61.2 Å². The van der Waals surface area contributed by atoms with Crippen molar-refractivity contribution in [2.24, 2.45) is 0 Å². The molecule has 274 valence electrons. The van der Waals surface area contributed by atoms with Crippen LogP contribution < -0.4 is 10.6 Å². The number of allylic oxidation sites excluding steroid dienone is 4. The molecule has 0 unspecified atom stereocenters. The van der Waals surface area contributed by atoms with Crippen molar-refractivity contribution < 1.29 is 14.2 Å². The second-order valence-electron chi connectivity index (χ2n) is 13.6. The van der Waals surface area contributed by atoms with Crippen LogP contribution in [0.25, 0.3) is 0 Å². The zero-order valence-electron chi connectivity index (χ0n) is 31.4. The van der Waals surface area contributed by atoms with Gasteiger partial charge in [-0.3, -0.25) is 9.59 Å². The minimum absolute atomic E-state index is 0.0720. The molecular weight excluding hydrogens is 602 g/mol. The van der Waals surface area contributed by atoms with Gasteiger partial charge < -0.3 is 10.6 Å². The average molecular weight is 680 g/mol. The van der Waals surface area contributed by atoms with Gasteiger partial charge in [-0.05, 0) is 64.2 Å². The number of nitrogens with one attached hydrogen (secondary N) is 2. The van der Waals surface area contributed by atoms with E-state index in [0.29, 0.717) is 31.9 Å². The fourth-order valence-electron chi connectivity index (χ4n) is 5.71. The predicted molar refractivity (Wildman–Crippen MR) is 207 cm³/mol. The van der Waals surface area contributed by atoms with E-state index in [1.165, 1.54) is 141 Å². The van der Waals surface area contributed by atoms with Crippen molar-refractivity contribution in [3.8, 4) is 0 Å². The summed E-state index contributed by atoms with van der Waals surface area (Å²) in [6.45, 7) is 5.37. The van der Waals surface area contributed by atoms with Gasteiger partial charge in [0.15, 0.2) is 5.71 Å². The number of alkyl halides is 1. The molecule has 0 aromatic heterocycles. The van der Waals surface area contributed by atoms with Crippen molar-refractivity contribution in [3.05, 3.63) is 24.3 Å². The fourth-order valence-corrected chi connectivity index (χ4v) is 5.88. The summed E-state index contributed by atoms with van der Waals surface area (Å²) >= 11 is 6.06. The number of carbonyl (C=O) groups is 2. The van der Waals surface area contributed by atoms with E-state index in [0.717, 1.165) is 31.4 Å². The maximum absolute atomic E-state index is 12.4. The highest BCUT2D eigenvalue weighted by Crippen LogP contribution is 2.11. The van der Waals surface area contributed by atoms with Crippen LogP contribution in [0, 0.1) is 0 Å². The van der Waals surface area contributed by atoms with Crippen molar-refractivity contribution in [3.63, 3.8) is 0 Å². The molecule has 0 atom stereocenters. The van der Waals surface area contributed by atoms with Gasteiger partial charge in [0.2, 0.25) is 17.8 Å².